The van der Waals surface area contributed by atoms with Crippen LogP contribution in [0.5, 0.6) is 0 Å². The van der Waals surface area contributed by atoms with Gasteiger partial charge in [0, 0.05) is 30.4 Å². The van der Waals surface area contributed by atoms with Gasteiger partial charge in [-0.15, -0.1) is 10.2 Å². The van der Waals surface area contributed by atoms with Crippen LogP contribution in [0.3, 0.4) is 0 Å². The Labute approximate surface area is 182 Å². The number of rotatable bonds is 7. The Kier molecular flexibility index (Phi) is 6.42. The van der Waals surface area contributed by atoms with Crippen LogP contribution in [0.25, 0.3) is 11.5 Å². The number of aromatic nitrogens is 3. The average molecular weight is 467 g/mol. The van der Waals surface area contributed by atoms with Crippen LogP contribution in [-0.4, -0.2) is 41.0 Å². The number of alkyl halides is 2. The highest BCUT2D eigenvalue weighted by atomic mass is 32.2. The number of piperidine rings is 1. The van der Waals surface area contributed by atoms with E-state index in [9.17, 15) is 21.6 Å². The van der Waals surface area contributed by atoms with Crippen molar-refractivity contribution in [2.75, 3.05) is 17.4 Å². The molecule has 8 nitrogen and oxygen atoms in total. The van der Waals surface area contributed by atoms with E-state index in [0.717, 1.165) is 29.6 Å². The molecule has 1 aliphatic rings. The first-order chi connectivity index (χ1) is 15.4. The van der Waals surface area contributed by atoms with Gasteiger partial charge in [-0.2, -0.15) is 21.5 Å². The first kappa shape index (κ1) is 22.2. The Bertz CT molecular complexity index is 1170. The summed E-state index contributed by atoms with van der Waals surface area (Å²) in [6.07, 6.45) is 2.45. The van der Waals surface area contributed by atoms with Gasteiger partial charge in [-0.3, -0.25) is 9.29 Å². The lowest BCUT2D eigenvalue weighted by atomic mass is 10.1. The summed E-state index contributed by atoms with van der Waals surface area (Å²) in [6.45, 7) is 0.511. The van der Waals surface area contributed by atoms with E-state index in [1.54, 1.807) is 12.1 Å². The molecule has 0 bridgehead atoms. The van der Waals surface area contributed by atoms with Gasteiger partial charge in [-0.1, -0.05) is 12.5 Å². The Hall–Kier alpha value is -2.99. The molecule has 0 atom stereocenters. The van der Waals surface area contributed by atoms with E-state index in [1.165, 1.54) is 28.8 Å². The molecule has 3 aromatic rings. The predicted octanol–water partition coefficient (Wildman–Crippen LogP) is 3.95. The standard InChI is InChI=1S/C20H20F3N5O3S/c21-17-11-14(19-25-26-20(31-19)18(22)23)6-7-15(17)13-28(16-5-4-8-24-12-16)32(29,30)27-9-2-1-3-10-27/h4-8,11-12,18H,1-3,9-10,13H2. The molecule has 0 saturated carbocycles. The van der Waals surface area contributed by atoms with E-state index in [4.69, 9.17) is 4.42 Å². The van der Waals surface area contributed by atoms with E-state index in [0.29, 0.717) is 18.8 Å². The highest BCUT2D eigenvalue weighted by molar-refractivity contribution is 7.90. The third-order valence-corrected chi connectivity index (χ3v) is 7.01. The van der Waals surface area contributed by atoms with Crippen molar-refractivity contribution in [1.29, 1.82) is 0 Å². The van der Waals surface area contributed by atoms with Crippen LogP contribution in [0.2, 0.25) is 0 Å². The summed E-state index contributed by atoms with van der Waals surface area (Å²) < 4.78 is 74.3. The molecular weight excluding hydrogens is 447 g/mol. The predicted molar refractivity (Wildman–Crippen MR) is 109 cm³/mol. The van der Waals surface area contributed by atoms with Gasteiger partial charge < -0.3 is 4.42 Å². The van der Waals surface area contributed by atoms with Crippen molar-refractivity contribution in [3.63, 3.8) is 0 Å². The lowest BCUT2D eigenvalue weighted by molar-refractivity contribution is 0.116. The van der Waals surface area contributed by atoms with Gasteiger partial charge in [0.25, 0.3) is 5.89 Å². The average Bonchev–Trinajstić information content (AvgIpc) is 3.30. The van der Waals surface area contributed by atoms with Crippen molar-refractivity contribution >= 4 is 15.9 Å². The molecule has 170 valence electrons. The maximum atomic E-state index is 14.9. The van der Waals surface area contributed by atoms with Gasteiger partial charge in [-0.05, 0) is 37.1 Å². The van der Waals surface area contributed by atoms with Crippen molar-refractivity contribution in [2.24, 2.45) is 0 Å². The van der Waals surface area contributed by atoms with E-state index in [2.05, 4.69) is 15.2 Å². The summed E-state index contributed by atoms with van der Waals surface area (Å²) in [5.41, 5.74) is 0.504. The summed E-state index contributed by atoms with van der Waals surface area (Å²) in [5, 5.41) is 6.73. The fraction of sp³-hybridized carbons (Fsp3) is 0.350. The lowest BCUT2D eigenvalue weighted by Crippen LogP contribution is -2.46. The summed E-state index contributed by atoms with van der Waals surface area (Å²) in [5.74, 6) is -1.85. The maximum Gasteiger partial charge on any atom is 0.314 e. The zero-order valence-corrected chi connectivity index (χ0v) is 17.7. The van der Waals surface area contributed by atoms with Gasteiger partial charge in [0.15, 0.2) is 0 Å². The van der Waals surface area contributed by atoms with Crippen molar-refractivity contribution in [2.45, 2.75) is 32.2 Å². The van der Waals surface area contributed by atoms with Gasteiger partial charge in [-0.25, -0.2) is 4.39 Å². The molecule has 1 aliphatic heterocycles. The molecule has 0 aliphatic carbocycles. The Balaban J connectivity index is 1.65. The van der Waals surface area contributed by atoms with Gasteiger partial charge >= 0.3 is 16.6 Å². The van der Waals surface area contributed by atoms with Crippen LogP contribution in [0.15, 0.2) is 47.1 Å². The number of pyridine rings is 1. The molecule has 12 heteroatoms. The number of benzene rings is 1. The zero-order valence-electron chi connectivity index (χ0n) is 16.9. The smallest absolute Gasteiger partial charge is 0.314 e. The molecule has 1 aromatic carbocycles. The molecule has 0 spiro atoms. The van der Waals surface area contributed by atoms with E-state index in [1.807, 2.05) is 0 Å². The first-order valence-electron chi connectivity index (χ1n) is 9.94. The summed E-state index contributed by atoms with van der Waals surface area (Å²) >= 11 is 0. The van der Waals surface area contributed by atoms with Crippen LogP contribution in [-0.2, 0) is 16.8 Å². The van der Waals surface area contributed by atoms with Crippen molar-refractivity contribution in [3.8, 4) is 11.5 Å². The molecule has 1 fully saturated rings. The first-order valence-corrected chi connectivity index (χ1v) is 11.3. The molecule has 1 saturated heterocycles. The third kappa shape index (κ3) is 4.60. The fourth-order valence-electron chi connectivity index (χ4n) is 3.45. The van der Waals surface area contributed by atoms with Crippen LogP contribution in [0.4, 0.5) is 18.9 Å². The van der Waals surface area contributed by atoms with Crippen LogP contribution >= 0.6 is 0 Å². The van der Waals surface area contributed by atoms with Crippen molar-refractivity contribution in [3.05, 3.63) is 60.0 Å². The van der Waals surface area contributed by atoms with Crippen molar-refractivity contribution < 1.29 is 26.0 Å². The van der Waals surface area contributed by atoms with Crippen LogP contribution in [0, 0.1) is 5.82 Å². The minimum absolute atomic E-state index is 0.0896. The largest absolute Gasteiger partial charge is 0.415 e. The van der Waals surface area contributed by atoms with Crippen molar-refractivity contribution in [1.82, 2.24) is 19.5 Å². The van der Waals surface area contributed by atoms with E-state index in [-0.39, 0.29) is 23.6 Å². The molecule has 0 unspecified atom stereocenters. The van der Waals surface area contributed by atoms with Gasteiger partial charge in [0.1, 0.15) is 5.82 Å². The molecular formula is C20H20F3N5O3S. The van der Waals surface area contributed by atoms with Gasteiger partial charge in [0.2, 0.25) is 5.89 Å². The summed E-state index contributed by atoms with van der Waals surface area (Å²) in [6, 6.07) is 7.02. The molecule has 32 heavy (non-hydrogen) atoms. The maximum absolute atomic E-state index is 14.9. The number of hydrogen-bond acceptors (Lipinski definition) is 6. The minimum atomic E-state index is -3.92. The fourth-order valence-corrected chi connectivity index (χ4v) is 5.12. The zero-order chi connectivity index (χ0) is 22.7. The van der Waals surface area contributed by atoms with E-state index >= 15 is 0 Å². The monoisotopic (exact) mass is 467 g/mol. The third-order valence-electron chi connectivity index (χ3n) is 5.10. The molecule has 3 heterocycles. The SMILES string of the molecule is O=S(=O)(N1CCCCC1)N(Cc1ccc(-c2nnc(C(F)F)o2)cc1F)c1cccnc1. The van der Waals surface area contributed by atoms with Crippen LogP contribution in [0.1, 0.15) is 37.1 Å². The molecule has 0 radical (unpaired) electrons. The second-order valence-electron chi connectivity index (χ2n) is 7.24. The van der Waals surface area contributed by atoms with E-state index < -0.39 is 28.3 Å². The highest BCUT2D eigenvalue weighted by Crippen LogP contribution is 2.28. The molecule has 0 N–H and O–H groups in total. The lowest BCUT2D eigenvalue weighted by Gasteiger charge is -2.33. The summed E-state index contributed by atoms with van der Waals surface area (Å²) in [4.78, 5) is 3.99. The molecule has 4 rings (SSSR count). The number of anilines is 1. The quantitative estimate of drug-likeness (QED) is 0.523. The van der Waals surface area contributed by atoms with Crippen LogP contribution < -0.4 is 4.31 Å². The summed E-state index contributed by atoms with van der Waals surface area (Å²) in [7, 11) is -3.92. The topological polar surface area (TPSA) is 92.4 Å². The number of nitrogens with zero attached hydrogens (tertiary/aromatic N) is 5. The van der Waals surface area contributed by atoms with Gasteiger partial charge in [0.05, 0.1) is 18.4 Å². The normalized spacial score (nSPS) is 15.2. The highest BCUT2D eigenvalue weighted by Gasteiger charge is 2.32. The molecule has 0 amide bonds. The number of halogens is 3. The minimum Gasteiger partial charge on any atom is -0.415 e. The Morgan fingerprint density at radius 1 is 1.12 bits per heavy atom. The second kappa shape index (κ2) is 9.25. The number of hydrogen-bond donors (Lipinski definition) is 0. The molecule has 2 aromatic heterocycles. The Morgan fingerprint density at radius 2 is 1.91 bits per heavy atom. The Morgan fingerprint density at radius 3 is 2.53 bits per heavy atom. The second-order valence-corrected chi connectivity index (χ2v) is 9.09.